The number of pyridine rings is 1. The van der Waals surface area contributed by atoms with Gasteiger partial charge in [0.05, 0.1) is 0 Å². The van der Waals surface area contributed by atoms with Gasteiger partial charge < -0.3 is 4.90 Å². The van der Waals surface area contributed by atoms with Crippen LogP contribution in [0.5, 0.6) is 0 Å². The maximum Gasteiger partial charge on any atom is 0.159 e. The third-order valence-electron chi connectivity index (χ3n) is 3.84. The predicted octanol–water partition coefficient (Wildman–Crippen LogP) is 1.81. The lowest BCUT2D eigenvalue weighted by Gasteiger charge is -2.43. The minimum Gasteiger partial charge on any atom is -0.353 e. The van der Waals surface area contributed by atoms with Crippen molar-refractivity contribution < 1.29 is 4.79 Å². The highest BCUT2D eigenvalue weighted by Crippen LogP contribution is 2.20. The number of hydrogen-bond donors (Lipinski definition) is 0. The van der Waals surface area contributed by atoms with Crippen molar-refractivity contribution in [3.63, 3.8) is 0 Å². The van der Waals surface area contributed by atoms with E-state index in [1.165, 1.54) is 0 Å². The minimum absolute atomic E-state index is 0.0916. The molecule has 98 valence electrons. The van der Waals surface area contributed by atoms with Gasteiger partial charge in [0.25, 0.3) is 0 Å². The molecule has 0 bridgehead atoms. The van der Waals surface area contributed by atoms with E-state index < -0.39 is 0 Å². The number of carbonyl (C=O) groups excluding carboxylic acids is 1. The Morgan fingerprint density at radius 1 is 1.33 bits per heavy atom. The Hall–Kier alpha value is -1.42. The molecule has 0 radical (unpaired) electrons. The van der Waals surface area contributed by atoms with Gasteiger partial charge >= 0.3 is 0 Å². The minimum atomic E-state index is 0.0916. The number of likely N-dealkylation sites (N-methyl/N-ethyl adjacent to an activating group) is 1. The Balaban J connectivity index is 2.21. The standard InChI is InChI=1S/C14H21N3O/c1-10-8-17(9-11(2)16(10)4)14-7-13(12(3)18)5-6-15-14/h5-7,10-11H,8-9H2,1-4H3. The largest absolute Gasteiger partial charge is 0.353 e. The smallest absolute Gasteiger partial charge is 0.159 e. The summed E-state index contributed by atoms with van der Waals surface area (Å²) in [5, 5.41) is 0. The van der Waals surface area contributed by atoms with Gasteiger partial charge in [0.2, 0.25) is 0 Å². The lowest BCUT2D eigenvalue weighted by Crippen LogP contribution is -2.55. The fraction of sp³-hybridized carbons (Fsp3) is 0.571. The highest BCUT2D eigenvalue weighted by molar-refractivity contribution is 5.94. The van der Waals surface area contributed by atoms with Gasteiger partial charge in [-0.2, -0.15) is 0 Å². The molecule has 0 amide bonds. The van der Waals surface area contributed by atoms with Crippen LogP contribution < -0.4 is 4.90 Å². The fourth-order valence-corrected chi connectivity index (χ4v) is 2.40. The van der Waals surface area contributed by atoms with Gasteiger partial charge in [-0.3, -0.25) is 9.69 Å². The second-order valence-electron chi connectivity index (χ2n) is 5.23. The molecule has 1 fully saturated rings. The summed E-state index contributed by atoms with van der Waals surface area (Å²) >= 11 is 0. The first-order valence-corrected chi connectivity index (χ1v) is 6.43. The average Bonchev–Trinajstić information content (AvgIpc) is 2.35. The third-order valence-corrected chi connectivity index (χ3v) is 3.84. The molecule has 2 unspecified atom stereocenters. The maximum atomic E-state index is 11.4. The number of carbonyl (C=O) groups is 1. The number of rotatable bonds is 2. The topological polar surface area (TPSA) is 36.4 Å². The molecule has 1 aromatic heterocycles. The Kier molecular flexibility index (Phi) is 3.66. The summed E-state index contributed by atoms with van der Waals surface area (Å²) in [6.07, 6.45) is 1.72. The highest BCUT2D eigenvalue weighted by atomic mass is 16.1. The molecule has 1 aliphatic rings. The van der Waals surface area contributed by atoms with Crippen molar-refractivity contribution in [2.45, 2.75) is 32.9 Å². The van der Waals surface area contributed by atoms with Crippen LogP contribution in [-0.2, 0) is 0 Å². The van der Waals surface area contributed by atoms with E-state index in [4.69, 9.17) is 0 Å². The van der Waals surface area contributed by atoms with Crippen LogP contribution in [0.4, 0.5) is 5.82 Å². The molecule has 0 aromatic carbocycles. The Morgan fingerprint density at radius 2 is 1.94 bits per heavy atom. The van der Waals surface area contributed by atoms with E-state index >= 15 is 0 Å². The number of piperazine rings is 1. The fourth-order valence-electron chi connectivity index (χ4n) is 2.40. The van der Waals surface area contributed by atoms with Crippen LogP contribution in [-0.4, -0.2) is 47.9 Å². The number of Topliss-reactive ketones (excluding diaryl/α,β-unsaturated/α-hetero) is 1. The summed E-state index contributed by atoms with van der Waals surface area (Å²) < 4.78 is 0. The summed E-state index contributed by atoms with van der Waals surface area (Å²) in [4.78, 5) is 20.4. The normalized spacial score (nSPS) is 25.2. The van der Waals surface area contributed by atoms with Crippen LogP contribution in [0.3, 0.4) is 0 Å². The lowest BCUT2D eigenvalue weighted by molar-refractivity contribution is 0.101. The lowest BCUT2D eigenvalue weighted by atomic mass is 10.1. The van der Waals surface area contributed by atoms with Crippen LogP contribution in [0, 0.1) is 0 Å². The van der Waals surface area contributed by atoms with E-state index in [0.29, 0.717) is 12.1 Å². The average molecular weight is 247 g/mol. The molecular formula is C14H21N3O. The van der Waals surface area contributed by atoms with E-state index in [2.05, 4.69) is 35.7 Å². The molecule has 2 heterocycles. The zero-order valence-electron chi connectivity index (χ0n) is 11.6. The molecule has 0 aliphatic carbocycles. The first-order valence-electron chi connectivity index (χ1n) is 6.43. The second-order valence-corrected chi connectivity index (χ2v) is 5.23. The van der Waals surface area contributed by atoms with Gasteiger partial charge in [-0.05, 0) is 40.0 Å². The Morgan fingerprint density at radius 3 is 2.50 bits per heavy atom. The van der Waals surface area contributed by atoms with Crippen LogP contribution in [0.25, 0.3) is 0 Å². The summed E-state index contributed by atoms with van der Waals surface area (Å²) in [7, 11) is 2.16. The quantitative estimate of drug-likeness (QED) is 0.747. The molecule has 0 N–H and O–H groups in total. The molecule has 0 saturated carbocycles. The SMILES string of the molecule is CC(=O)c1ccnc(N2CC(C)N(C)C(C)C2)c1. The van der Waals surface area contributed by atoms with Crippen molar-refractivity contribution >= 4 is 11.6 Å². The molecule has 1 aromatic rings. The number of aromatic nitrogens is 1. The van der Waals surface area contributed by atoms with Crippen molar-refractivity contribution in [3.8, 4) is 0 Å². The van der Waals surface area contributed by atoms with Gasteiger partial charge in [-0.25, -0.2) is 4.98 Å². The van der Waals surface area contributed by atoms with Crippen molar-refractivity contribution in [2.24, 2.45) is 0 Å². The highest BCUT2D eigenvalue weighted by Gasteiger charge is 2.27. The monoisotopic (exact) mass is 247 g/mol. The van der Waals surface area contributed by atoms with Gasteiger partial charge in [-0.15, -0.1) is 0 Å². The maximum absolute atomic E-state index is 11.4. The van der Waals surface area contributed by atoms with Crippen molar-refractivity contribution in [1.29, 1.82) is 0 Å². The van der Waals surface area contributed by atoms with Crippen molar-refractivity contribution in [1.82, 2.24) is 9.88 Å². The van der Waals surface area contributed by atoms with Gasteiger partial charge in [0.15, 0.2) is 5.78 Å². The van der Waals surface area contributed by atoms with Crippen LogP contribution in [0.15, 0.2) is 18.3 Å². The molecule has 4 nitrogen and oxygen atoms in total. The van der Waals surface area contributed by atoms with E-state index in [1.54, 1.807) is 19.2 Å². The predicted molar refractivity (Wildman–Crippen MR) is 73.1 cm³/mol. The summed E-state index contributed by atoms with van der Waals surface area (Å²) in [5.74, 6) is 1.00. The molecule has 2 atom stereocenters. The zero-order chi connectivity index (χ0) is 13.3. The number of hydrogen-bond acceptors (Lipinski definition) is 4. The van der Waals surface area contributed by atoms with Gasteiger partial charge in [-0.1, -0.05) is 0 Å². The first kappa shape index (κ1) is 13.0. The van der Waals surface area contributed by atoms with Crippen LogP contribution in [0.1, 0.15) is 31.1 Å². The van der Waals surface area contributed by atoms with Crippen molar-refractivity contribution in [2.75, 3.05) is 25.0 Å². The number of nitrogens with zero attached hydrogens (tertiary/aromatic N) is 3. The molecule has 18 heavy (non-hydrogen) atoms. The molecular weight excluding hydrogens is 226 g/mol. The van der Waals surface area contributed by atoms with E-state index in [1.807, 2.05) is 6.07 Å². The van der Waals surface area contributed by atoms with E-state index in [-0.39, 0.29) is 5.78 Å². The zero-order valence-corrected chi connectivity index (χ0v) is 11.6. The third kappa shape index (κ3) is 2.53. The van der Waals surface area contributed by atoms with Crippen molar-refractivity contribution in [3.05, 3.63) is 23.9 Å². The number of ketones is 1. The second kappa shape index (κ2) is 5.06. The first-order chi connectivity index (χ1) is 8.49. The molecule has 1 saturated heterocycles. The molecule has 2 rings (SSSR count). The van der Waals surface area contributed by atoms with E-state index in [0.717, 1.165) is 24.5 Å². The van der Waals surface area contributed by atoms with E-state index in [9.17, 15) is 4.79 Å². The van der Waals surface area contributed by atoms with Gasteiger partial charge in [0.1, 0.15) is 5.82 Å². The van der Waals surface area contributed by atoms with Gasteiger partial charge in [0, 0.05) is 36.9 Å². The molecule has 1 aliphatic heterocycles. The molecule has 0 spiro atoms. The Labute approximate surface area is 109 Å². The van der Waals surface area contributed by atoms with Crippen LogP contribution in [0.2, 0.25) is 0 Å². The summed E-state index contributed by atoms with van der Waals surface area (Å²) in [6, 6.07) is 4.66. The molecule has 4 heteroatoms. The summed E-state index contributed by atoms with van der Waals surface area (Å²) in [6.45, 7) is 7.94. The number of anilines is 1. The van der Waals surface area contributed by atoms with Crippen LogP contribution >= 0.6 is 0 Å². The Bertz CT molecular complexity index is 434. The summed E-state index contributed by atoms with van der Waals surface area (Å²) in [5.41, 5.74) is 0.735.